The molecule has 3 rings (SSSR count). The van der Waals surface area contributed by atoms with Gasteiger partial charge in [-0.15, -0.1) is 0 Å². The van der Waals surface area contributed by atoms with Crippen LogP contribution in [-0.4, -0.2) is 64.8 Å². The number of hydrogen-bond donors (Lipinski definition) is 0. The first kappa shape index (κ1) is 19.5. The molecule has 0 saturated carbocycles. The average Bonchev–Trinajstić information content (AvgIpc) is 2.64. The van der Waals surface area contributed by atoms with Gasteiger partial charge in [0.2, 0.25) is 5.75 Å². The first-order chi connectivity index (χ1) is 12.9. The summed E-state index contributed by atoms with van der Waals surface area (Å²) < 4.78 is 39.8. The lowest BCUT2D eigenvalue weighted by molar-refractivity contribution is 0.327. The molecular formula is C18H25N3O5S. The van der Waals surface area contributed by atoms with Crippen LogP contribution in [0.4, 0.5) is 5.82 Å². The number of methoxy groups -OCH3 is 3. The quantitative estimate of drug-likeness (QED) is 0.733. The van der Waals surface area contributed by atoms with Crippen LogP contribution in [0.15, 0.2) is 12.4 Å². The molecule has 0 amide bonds. The van der Waals surface area contributed by atoms with Crippen molar-refractivity contribution in [3.8, 4) is 17.2 Å². The normalized spacial score (nSPS) is 17.8. The summed E-state index contributed by atoms with van der Waals surface area (Å²) in [7, 11) is 1.65. The summed E-state index contributed by atoms with van der Waals surface area (Å²) in [6.07, 6.45) is 4.59. The summed E-state index contributed by atoms with van der Waals surface area (Å²) in [6, 6.07) is 1.84. The number of hydrogen-bond acceptors (Lipinski definition) is 8. The Kier molecular flexibility index (Phi) is 5.59. The van der Waals surface area contributed by atoms with E-state index in [0.29, 0.717) is 29.3 Å². The Hall–Kier alpha value is -2.29. The van der Waals surface area contributed by atoms with E-state index in [1.807, 2.05) is 6.07 Å². The molecule has 1 aliphatic heterocycles. The third-order valence-corrected chi connectivity index (χ3v) is 5.85. The number of anilines is 1. The van der Waals surface area contributed by atoms with Crippen molar-refractivity contribution in [2.45, 2.75) is 12.8 Å². The predicted octanol–water partition coefficient (Wildman–Crippen LogP) is 1.92. The molecule has 148 valence electrons. The molecule has 1 atom stereocenters. The van der Waals surface area contributed by atoms with Gasteiger partial charge in [0.25, 0.3) is 0 Å². The number of nitrogens with zero attached hydrogens (tertiary/aromatic N) is 3. The van der Waals surface area contributed by atoms with Crippen molar-refractivity contribution >= 4 is 26.6 Å². The fraction of sp³-hybridized carbons (Fsp3) is 0.556. The molecular weight excluding hydrogens is 370 g/mol. The van der Waals surface area contributed by atoms with Crippen LogP contribution in [-0.2, 0) is 9.84 Å². The number of benzene rings is 1. The van der Waals surface area contributed by atoms with Crippen LogP contribution in [0.2, 0.25) is 0 Å². The van der Waals surface area contributed by atoms with Crippen LogP contribution in [0.25, 0.3) is 10.9 Å². The molecule has 1 aromatic heterocycles. The Labute approximate surface area is 159 Å². The van der Waals surface area contributed by atoms with Crippen LogP contribution in [0.5, 0.6) is 17.2 Å². The second kappa shape index (κ2) is 7.75. The van der Waals surface area contributed by atoms with E-state index in [4.69, 9.17) is 14.2 Å². The van der Waals surface area contributed by atoms with Gasteiger partial charge in [-0.2, -0.15) is 0 Å². The summed E-state index contributed by atoms with van der Waals surface area (Å²) >= 11 is 0. The molecule has 0 bridgehead atoms. The molecule has 0 spiro atoms. The lowest BCUT2D eigenvalue weighted by Crippen LogP contribution is -2.38. The molecule has 0 aliphatic carbocycles. The van der Waals surface area contributed by atoms with Crippen LogP contribution >= 0.6 is 0 Å². The third kappa shape index (κ3) is 4.02. The number of rotatable bonds is 6. The fourth-order valence-corrected chi connectivity index (χ4v) is 4.85. The Morgan fingerprint density at radius 2 is 1.89 bits per heavy atom. The van der Waals surface area contributed by atoms with Crippen LogP contribution in [0.3, 0.4) is 0 Å². The van der Waals surface area contributed by atoms with E-state index in [1.54, 1.807) is 21.3 Å². The van der Waals surface area contributed by atoms with E-state index in [-0.39, 0.29) is 11.7 Å². The van der Waals surface area contributed by atoms with Gasteiger partial charge in [-0.05, 0) is 24.8 Å². The largest absolute Gasteiger partial charge is 0.493 e. The molecule has 1 aromatic carbocycles. The zero-order valence-electron chi connectivity index (χ0n) is 16.1. The molecule has 2 aromatic rings. The lowest BCUT2D eigenvalue weighted by atomic mass is 9.99. The number of fused-ring (bicyclic) bond motifs is 1. The van der Waals surface area contributed by atoms with Gasteiger partial charge in [-0.1, -0.05) is 0 Å². The van der Waals surface area contributed by atoms with E-state index < -0.39 is 9.84 Å². The minimum atomic E-state index is -3.02. The number of piperidine rings is 1. The van der Waals surface area contributed by atoms with Crippen molar-refractivity contribution in [2.24, 2.45) is 5.92 Å². The second-order valence-corrected chi connectivity index (χ2v) is 8.97. The maximum absolute atomic E-state index is 11.7. The standard InChI is InChI=1S/C18H25N3O5S/c1-24-14-8-13-15(17(26-3)16(14)25-2)19-11-20-18(13)21-7-5-6-12(9-21)10-27(4,22)23/h8,11-12H,5-7,9-10H2,1-4H3. The van der Waals surface area contributed by atoms with Crippen molar-refractivity contribution in [1.29, 1.82) is 0 Å². The zero-order valence-corrected chi connectivity index (χ0v) is 16.9. The van der Waals surface area contributed by atoms with E-state index in [2.05, 4.69) is 14.9 Å². The molecule has 1 aliphatic rings. The highest BCUT2D eigenvalue weighted by Gasteiger charge is 2.27. The van der Waals surface area contributed by atoms with Gasteiger partial charge in [0.05, 0.1) is 32.5 Å². The molecule has 1 unspecified atom stereocenters. The average molecular weight is 395 g/mol. The highest BCUT2D eigenvalue weighted by molar-refractivity contribution is 7.90. The van der Waals surface area contributed by atoms with E-state index in [1.165, 1.54) is 12.6 Å². The topological polar surface area (TPSA) is 90.9 Å². The molecule has 1 saturated heterocycles. The van der Waals surface area contributed by atoms with Crippen LogP contribution in [0, 0.1) is 5.92 Å². The molecule has 9 heteroatoms. The maximum Gasteiger partial charge on any atom is 0.205 e. The molecule has 0 N–H and O–H groups in total. The summed E-state index contributed by atoms with van der Waals surface area (Å²) in [5.41, 5.74) is 0.630. The van der Waals surface area contributed by atoms with Crippen LogP contribution in [0.1, 0.15) is 12.8 Å². The lowest BCUT2D eigenvalue weighted by Gasteiger charge is -2.34. The van der Waals surface area contributed by atoms with Gasteiger partial charge < -0.3 is 19.1 Å². The predicted molar refractivity (Wildman–Crippen MR) is 104 cm³/mol. The molecule has 2 heterocycles. The van der Waals surface area contributed by atoms with Crippen molar-refractivity contribution in [2.75, 3.05) is 51.3 Å². The van der Waals surface area contributed by atoms with Gasteiger partial charge in [0.1, 0.15) is 27.5 Å². The van der Waals surface area contributed by atoms with Gasteiger partial charge in [0.15, 0.2) is 11.5 Å². The Bertz CT molecular complexity index is 932. The fourth-order valence-electron chi connectivity index (χ4n) is 3.72. The highest BCUT2D eigenvalue weighted by atomic mass is 32.2. The molecule has 27 heavy (non-hydrogen) atoms. The summed E-state index contributed by atoms with van der Waals surface area (Å²) in [5.74, 6) is 2.51. The second-order valence-electron chi connectivity index (χ2n) is 6.79. The highest BCUT2D eigenvalue weighted by Crippen LogP contribution is 2.44. The van der Waals surface area contributed by atoms with E-state index >= 15 is 0 Å². The number of aromatic nitrogens is 2. The minimum Gasteiger partial charge on any atom is -0.493 e. The third-order valence-electron chi connectivity index (χ3n) is 4.77. The molecule has 0 radical (unpaired) electrons. The van der Waals surface area contributed by atoms with Gasteiger partial charge in [-0.25, -0.2) is 18.4 Å². The molecule has 1 fully saturated rings. The summed E-state index contributed by atoms with van der Waals surface area (Å²) in [4.78, 5) is 11.0. The van der Waals surface area contributed by atoms with Crippen molar-refractivity contribution < 1.29 is 22.6 Å². The van der Waals surface area contributed by atoms with E-state index in [9.17, 15) is 8.42 Å². The SMILES string of the molecule is COc1cc2c(N3CCCC(CS(C)(=O)=O)C3)ncnc2c(OC)c1OC. The van der Waals surface area contributed by atoms with Crippen molar-refractivity contribution in [1.82, 2.24) is 9.97 Å². The minimum absolute atomic E-state index is 0.0841. The van der Waals surface area contributed by atoms with Gasteiger partial charge >= 0.3 is 0 Å². The van der Waals surface area contributed by atoms with Crippen molar-refractivity contribution in [3.05, 3.63) is 12.4 Å². The van der Waals surface area contributed by atoms with Crippen LogP contribution < -0.4 is 19.1 Å². The molecule has 8 nitrogen and oxygen atoms in total. The first-order valence-electron chi connectivity index (χ1n) is 8.74. The van der Waals surface area contributed by atoms with E-state index in [0.717, 1.165) is 30.6 Å². The van der Waals surface area contributed by atoms with Gasteiger partial charge in [-0.3, -0.25) is 0 Å². The Morgan fingerprint density at radius 3 is 2.52 bits per heavy atom. The first-order valence-corrected chi connectivity index (χ1v) is 10.8. The Morgan fingerprint density at radius 1 is 1.15 bits per heavy atom. The number of sulfone groups is 1. The monoisotopic (exact) mass is 395 g/mol. The summed E-state index contributed by atoms with van der Waals surface area (Å²) in [6.45, 7) is 1.44. The smallest absolute Gasteiger partial charge is 0.205 e. The maximum atomic E-state index is 11.7. The van der Waals surface area contributed by atoms with Gasteiger partial charge in [0, 0.05) is 19.3 Å². The van der Waals surface area contributed by atoms with Crippen molar-refractivity contribution in [3.63, 3.8) is 0 Å². The summed E-state index contributed by atoms with van der Waals surface area (Å²) in [5, 5.41) is 0.784. The zero-order chi connectivity index (χ0) is 19.6. The Balaban J connectivity index is 2.07. The number of ether oxygens (including phenoxy) is 3.